The summed E-state index contributed by atoms with van der Waals surface area (Å²) >= 11 is 7.52. The summed E-state index contributed by atoms with van der Waals surface area (Å²) in [6.07, 6.45) is 2.39. The molecule has 0 saturated carbocycles. The van der Waals surface area contributed by atoms with E-state index in [4.69, 9.17) is 16.0 Å². The number of amides is 3. The van der Waals surface area contributed by atoms with E-state index in [9.17, 15) is 9.59 Å². The molecule has 1 aliphatic carbocycles. The minimum atomic E-state index is -0.969. The van der Waals surface area contributed by atoms with Crippen molar-refractivity contribution in [3.8, 4) is 11.5 Å². The van der Waals surface area contributed by atoms with Gasteiger partial charge in [-0.3, -0.25) is 9.69 Å². The lowest BCUT2D eigenvalue weighted by Crippen LogP contribution is -2.46. The molecule has 1 unspecified atom stereocenters. The summed E-state index contributed by atoms with van der Waals surface area (Å²) in [5.41, 5.74) is 0.660. The summed E-state index contributed by atoms with van der Waals surface area (Å²) in [6, 6.07) is 8.49. The van der Waals surface area contributed by atoms with Crippen LogP contribution < -0.4 is 5.32 Å². The number of imide groups is 1. The second-order valence-electron chi connectivity index (χ2n) is 6.85. The highest BCUT2D eigenvalue weighted by molar-refractivity contribution is 7.10. The third-order valence-electron chi connectivity index (χ3n) is 5.19. The molecule has 1 N–H and O–H groups in total. The van der Waals surface area contributed by atoms with Gasteiger partial charge in [0.05, 0.1) is 0 Å². The van der Waals surface area contributed by atoms with Crippen LogP contribution in [-0.4, -0.2) is 27.0 Å². The summed E-state index contributed by atoms with van der Waals surface area (Å²) in [5, 5.41) is 13.5. The number of fused-ring (bicyclic) bond motifs is 2. The number of hydrogen-bond donors (Lipinski definition) is 1. The van der Waals surface area contributed by atoms with Crippen LogP contribution in [0.25, 0.3) is 11.5 Å². The van der Waals surface area contributed by atoms with E-state index in [2.05, 4.69) is 15.5 Å². The summed E-state index contributed by atoms with van der Waals surface area (Å²) in [7, 11) is 0. The van der Waals surface area contributed by atoms with E-state index in [-0.39, 0.29) is 18.3 Å². The Morgan fingerprint density at radius 2 is 2.04 bits per heavy atom. The minimum absolute atomic E-state index is 0.0630. The molecule has 7 nitrogen and oxygen atoms in total. The first kappa shape index (κ1) is 17.4. The number of halogens is 1. The van der Waals surface area contributed by atoms with Crippen molar-refractivity contribution in [2.24, 2.45) is 0 Å². The summed E-state index contributed by atoms with van der Waals surface area (Å²) in [6.45, 7) is -0.0630. The van der Waals surface area contributed by atoms with Gasteiger partial charge in [-0.1, -0.05) is 11.6 Å². The predicted octanol–water partition coefficient (Wildman–Crippen LogP) is 3.74. The fraction of sp³-hybridized carbons (Fsp3) is 0.263. The Labute approximate surface area is 169 Å². The molecule has 3 amide bonds. The van der Waals surface area contributed by atoms with E-state index in [1.807, 2.05) is 11.4 Å². The number of carbonyl (C=O) groups is 2. The van der Waals surface area contributed by atoms with Gasteiger partial charge in [0.15, 0.2) is 0 Å². The van der Waals surface area contributed by atoms with Gasteiger partial charge in [-0.15, -0.1) is 21.5 Å². The quantitative estimate of drug-likeness (QED) is 0.659. The molecule has 1 atom stereocenters. The van der Waals surface area contributed by atoms with Crippen molar-refractivity contribution in [1.82, 2.24) is 20.4 Å². The molecule has 0 radical (unpaired) electrons. The van der Waals surface area contributed by atoms with Crippen LogP contribution >= 0.6 is 22.9 Å². The zero-order valence-corrected chi connectivity index (χ0v) is 16.2. The lowest BCUT2D eigenvalue weighted by molar-refractivity contribution is -0.132. The van der Waals surface area contributed by atoms with Crippen LogP contribution in [0.5, 0.6) is 0 Å². The van der Waals surface area contributed by atoms with Crippen LogP contribution in [0.15, 0.2) is 40.1 Å². The first-order valence-electron chi connectivity index (χ1n) is 8.86. The lowest BCUT2D eigenvalue weighted by atomic mass is 9.80. The number of carbonyl (C=O) groups excluding carboxylic acids is 2. The molecule has 1 fully saturated rings. The number of hydrogen-bond acceptors (Lipinski definition) is 6. The molecule has 2 aromatic heterocycles. The zero-order valence-electron chi connectivity index (χ0n) is 14.6. The average molecular weight is 415 g/mol. The molecule has 3 heterocycles. The number of thiophene rings is 1. The van der Waals surface area contributed by atoms with Crippen molar-refractivity contribution in [2.45, 2.75) is 31.3 Å². The van der Waals surface area contributed by atoms with Crippen molar-refractivity contribution in [2.75, 3.05) is 0 Å². The molecule has 2 aliphatic rings. The molecule has 0 bridgehead atoms. The molecule has 28 heavy (non-hydrogen) atoms. The number of rotatable bonds is 3. The summed E-state index contributed by atoms with van der Waals surface area (Å²) < 4.78 is 5.66. The van der Waals surface area contributed by atoms with Gasteiger partial charge in [0.1, 0.15) is 12.1 Å². The highest BCUT2D eigenvalue weighted by atomic mass is 35.5. The number of benzene rings is 1. The van der Waals surface area contributed by atoms with E-state index < -0.39 is 11.6 Å². The molecule has 142 valence electrons. The smallest absolute Gasteiger partial charge is 0.325 e. The van der Waals surface area contributed by atoms with Crippen LogP contribution in [0.1, 0.15) is 29.2 Å². The third kappa shape index (κ3) is 2.63. The normalized spacial score (nSPS) is 21.2. The van der Waals surface area contributed by atoms with Gasteiger partial charge in [-0.25, -0.2) is 4.79 Å². The van der Waals surface area contributed by atoms with Gasteiger partial charge in [-0.2, -0.15) is 0 Å². The van der Waals surface area contributed by atoms with Crippen LogP contribution in [-0.2, 0) is 23.3 Å². The number of nitrogens with one attached hydrogen (secondary N) is 1. The average Bonchev–Trinajstić information content (AvgIpc) is 3.40. The maximum Gasteiger partial charge on any atom is 0.325 e. The van der Waals surface area contributed by atoms with Gasteiger partial charge in [0.2, 0.25) is 11.8 Å². The largest absolute Gasteiger partial charge is 0.419 e. The van der Waals surface area contributed by atoms with Crippen molar-refractivity contribution >= 4 is 34.9 Å². The molecular weight excluding hydrogens is 400 g/mol. The van der Waals surface area contributed by atoms with Crippen LogP contribution in [0.4, 0.5) is 4.79 Å². The highest BCUT2D eigenvalue weighted by Crippen LogP contribution is 2.42. The molecule has 1 aliphatic heterocycles. The molecule has 9 heteroatoms. The second-order valence-corrected chi connectivity index (χ2v) is 8.28. The second kappa shape index (κ2) is 6.42. The molecule has 5 rings (SSSR count). The Hall–Kier alpha value is -2.71. The maximum atomic E-state index is 13.2. The maximum absolute atomic E-state index is 13.2. The Bertz CT molecular complexity index is 1080. The van der Waals surface area contributed by atoms with Crippen molar-refractivity contribution in [3.63, 3.8) is 0 Å². The molecule has 1 aromatic carbocycles. The molecule has 3 aromatic rings. The van der Waals surface area contributed by atoms with Crippen LogP contribution in [0, 0.1) is 0 Å². The van der Waals surface area contributed by atoms with E-state index >= 15 is 0 Å². The van der Waals surface area contributed by atoms with E-state index in [0.29, 0.717) is 22.9 Å². The molecule has 1 spiro atoms. The Kier molecular flexibility index (Phi) is 3.99. The van der Waals surface area contributed by atoms with Crippen molar-refractivity contribution in [3.05, 3.63) is 57.1 Å². The zero-order chi connectivity index (χ0) is 19.3. The first-order valence-corrected chi connectivity index (χ1v) is 10.1. The Morgan fingerprint density at radius 3 is 2.86 bits per heavy atom. The standard InChI is InChI=1S/C19H15ClN4O3S/c20-12-5-3-11(4-6-12)16-23-22-15(27-16)10-24-17(25)19(21-18(24)26)8-1-2-14-13(19)7-9-28-14/h3-7,9H,1-2,8,10H2,(H,21,26). The third-order valence-corrected chi connectivity index (χ3v) is 6.42. The number of nitrogens with zero attached hydrogens (tertiary/aromatic N) is 3. The molecule has 1 saturated heterocycles. The van der Waals surface area contributed by atoms with Gasteiger partial charge in [-0.05, 0) is 55.0 Å². The lowest BCUT2D eigenvalue weighted by Gasteiger charge is -2.31. The monoisotopic (exact) mass is 414 g/mol. The van der Waals surface area contributed by atoms with E-state index in [1.54, 1.807) is 35.6 Å². The number of aryl methyl sites for hydroxylation is 1. The van der Waals surface area contributed by atoms with Crippen LogP contribution in [0.2, 0.25) is 5.02 Å². The SMILES string of the molecule is O=C1NC2(CCCc3sccc32)C(=O)N1Cc1nnc(-c2ccc(Cl)cc2)o1. The summed E-state index contributed by atoms with van der Waals surface area (Å²) in [4.78, 5) is 28.1. The molecular formula is C19H15ClN4O3S. The van der Waals surface area contributed by atoms with Crippen LogP contribution in [0.3, 0.4) is 0 Å². The van der Waals surface area contributed by atoms with Crippen molar-refractivity contribution in [1.29, 1.82) is 0 Å². The topological polar surface area (TPSA) is 88.3 Å². The fourth-order valence-corrected chi connectivity index (χ4v) is 4.97. The first-order chi connectivity index (χ1) is 13.6. The Balaban J connectivity index is 1.41. The summed E-state index contributed by atoms with van der Waals surface area (Å²) in [5.74, 6) is 0.251. The fourth-order valence-electron chi connectivity index (χ4n) is 3.85. The van der Waals surface area contributed by atoms with Crippen molar-refractivity contribution < 1.29 is 14.0 Å². The van der Waals surface area contributed by atoms with E-state index in [0.717, 1.165) is 28.2 Å². The Morgan fingerprint density at radius 1 is 1.21 bits per heavy atom. The minimum Gasteiger partial charge on any atom is -0.419 e. The van der Waals surface area contributed by atoms with Gasteiger partial charge < -0.3 is 9.73 Å². The number of aromatic nitrogens is 2. The van der Waals surface area contributed by atoms with E-state index in [1.165, 1.54) is 0 Å². The van der Waals surface area contributed by atoms with Gasteiger partial charge in [0.25, 0.3) is 5.91 Å². The number of urea groups is 1. The highest BCUT2D eigenvalue weighted by Gasteiger charge is 2.54. The van der Waals surface area contributed by atoms with Gasteiger partial charge >= 0.3 is 6.03 Å². The van der Waals surface area contributed by atoms with Gasteiger partial charge in [0, 0.05) is 21.0 Å². The predicted molar refractivity (Wildman–Crippen MR) is 103 cm³/mol.